The van der Waals surface area contributed by atoms with E-state index in [0.717, 1.165) is 29.4 Å². The van der Waals surface area contributed by atoms with Gasteiger partial charge >= 0.3 is 0 Å². The number of fused-ring (bicyclic) bond motifs is 1. The first-order valence-electron chi connectivity index (χ1n) is 7.29. The van der Waals surface area contributed by atoms with E-state index in [9.17, 15) is 0 Å². The van der Waals surface area contributed by atoms with Gasteiger partial charge < -0.3 is 16.0 Å². The Kier molecular flexibility index (Phi) is 3.35. The van der Waals surface area contributed by atoms with Gasteiger partial charge in [0.1, 0.15) is 17.5 Å². The van der Waals surface area contributed by atoms with Crippen LogP contribution in [-0.2, 0) is 18.5 Å². The van der Waals surface area contributed by atoms with Crippen LogP contribution in [0.2, 0.25) is 0 Å². The first-order chi connectivity index (χ1) is 10.4. The fourth-order valence-electron chi connectivity index (χ4n) is 2.42. The van der Waals surface area contributed by atoms with Gasteiger partial charge in [0, 0.05) is 36.8 Å². The quantitative estimate of drug-likeness (QED) is 0.872. The third kappa shape index (κ3) is 2.66. The minimum Gasteiger partial charge on any atom is -0.373 e. The van der Waals surface area contributed by atoms with Crippen LogP contribution in [0.3, 0.4) is 0 Å². The topological polar surface area (TPSA) is 92.8 Å². The maximum atomic E-state index is 5.77. The maximum absolute atomic E-state index is 5.77. The molecular weight excluding hydrogens is 278 g/mol. The molecule has 2 aromatic heterocycles. The normalized spacial score (nSPS) is 14.1. The Labute approximate surface area is 130 Å². The van der Waals surface area contributed by atoms with Crippen molar-refractivity contribution in [3.05, 3.63) is 29.3 Å². The number of hydrogen-bond acceptors (Lipinski definition) is 7. The molecule has 0 unspecified atom stereocenters. The molecule has 0 amide bonds. The standard InChI is InChI=1S/C15H21N7/c1-15(2,3)13-18-6-9-7-22(8-10(9)19-13)12-5-11(17-4)20-14(16)21-12/h5-6H,7-8H2,1-4H3,(H3,16,17,20,21). The SMILES string of the molecule is CNc1cc(N2Cc3cnc(C(C)(C)C)nc3C2)nc(N)n1. The largest absolute Gasteiger partial charge is 0.373 e. The van der Waals surface area contributed by atoms with E-state index in [-0.39, 0.29) is 11.4 Å². The zero-order chi connectivity index (χ0) is 15.9. The Morgan fingerprint density at radius 2 is 1.95 bits per heavy atom. The van der Waals surface area contributed by atoms with Crippen LogP contribution in [0.15, 0.2) is 12.3 Å². The van der Waals surface area contributed by atoms with Crippen molar-refractivity contribution in [2.75, 3.05) is 23.0 Å². The Hall–Kier alpha value is -2.44. The number of rotatable bonds is 2. The van der Waals surface area contributed by atoms with Gasteiger partial charge in [-0.1, -0.05) is 20.8 Å². The van der Waals surface area contributed by atoms with Gasteiger partial charge in [-0.2, -0.15) is 9.97 Å². The van der Waals surface area contributed by atoms with Gasteiger partial charge in [-0.15, -0.1) is 0 Å². The number of anilines is 3. The van der Waals surface area contributed by atoms with Crippen molar-refractivity contribution in [1.82, 2.24) is 19.9 Å². The molecule has 0 bridgehead atoms. The average Bonchev–Trinajstić information content (AvgIpc) is 2.88. The zero-order valence-electron chi connectivity index (χ0n) is 13.4. The van der Waals surface area contributed by atoms with Gasteiger partial charge in [0.05, 0.1) is 12.2 Å². The van der Waals surface area contributed by atoms with Gasteiger partial charge in [-0.05, 0) is 0 Å². The lowest BCUT2D eigenvalue weighted by Crippen LogP contribution is -2.18. The van der Waals surface area contributed by atoms with E-state index in [2.05, 4.69) is 45.9 Å². The monoisotopic (exact) mass is 299 g/mol. The zero-order valence-corrected chi connectivity index (χ0v) is 13.4. The number of hydrogen-bond donors (Lipinski definition) is 2. The summed E-state index contributed by atoms with van der Waals surface area (Å²) in [5, 5.41) is 3.00. The predicted molar refractivity (Wildman–Crippen MR) is 86.6 cm³/mol. The summed E-state index contributed by atoms with van der Waals surface area (Å²) in [4.78, 5) is 19.8. The van der Waals surface area contributed by atoms with E-state index < -0.39 is 0 Å². The summed E-state index contributed by atoms with van der Waals surface area (Å²) in [5.74, 6) is 2.64. The van der Waals surface area contributed by atoms with E-state index >= 15 is 0 Å². The highest BCUT2D eigenvalue weighted by Crippen LogP contribution is 2.28. The molecule has 0 radical (unpaired) electrons. The van der Waals surface area contributed by atoms with Crippen molar-refractivity contribution in [2.24, 2.45) is 0 Å². The molecule has 0 fully saturated rings. The molecule has 3 rings (SSSR count). The Morgan fingerprint density at radius 1 is 1.18 bits per heavy atom. The summed E-state index contributed by atoms with van der Waals surface area (Å²) in [7, 11) is 1.81. The van der Waals surface area contributed by atoms with E-state index in [1.54, 1.807) is 0 Å². The Morgan fingerprint density at radius 3 is 2.64 bits per heavy atom. The molecular formula is C15H21N7. The van der Waals surface area contributed by atoms with Crippen LogP contribution in [0.1, 0.15) is 37.9 Å². The van der Waals surface area contributed by atoms with E-state index in [4.69, 9.17) is 10.7 Å². The summed E-state index contributed by atoms with van der Waals surface area (Å²) < 4.78 is 0. The van der Waals surface area contributed by atoms with E-state index in [1.165, 1.54) is 0 Å². The van der Waals surface area contributed by atoms with Crippen LogP contribution in [0, 0.1) is 0 Å². The smallest absolute Gasteiger partial charge is 0.223 e. The molecule has 1 aliphatic heterocycles. The van der Waals surface area contributed by atoms with Crippen LogP contribution in [-0.4, -0.2) is 27.0 Å². The first kappa shape index (κ1) is 14.5. The highest BCUT2D eigenvalue weighted by molar-refractivity contribution is 5.54. The molecule has 2 aromatic rings. The predicted octanol–water partition coefficient (Wildman–Crippen LogP) is 1.71. The summed E-state index contributed by atoms with van der Waals surface area (Å²) in [6.07, 6.45) is 1.92. The van der Waals surface area contributed by atoms with Crippen molar-refractivity contribution in [1.29, 1.82) is 0 Å². The summed E-state index contributed by atoms with van der Waals surface area (Å²) in [6.45, 7) is 7.79. The fraction of sp³-hybridized carbons (Fsp3) is 0.467. The third-order valence-electron chi connectivity index (χ3n) is 3.64. The Balaban J connectivity index is 1.90. The molecule has 7 nitrogen and oxygen atoms in total. The second-order valence-electron chi connectivity index (χ2n) is 6.49. The van der Waals surface area contributed by atoms with Gasteiger partial charge in [-0.25, -0.2) is 9.97 Å². The molecule has 3 heterocycles. The van der Waals surface area contributed by atoms with E-state index in [0.29, 0.717) is 12.4 Å². The highest BCUT2D eigenvalue weighted by atomic mass is 15.2. The van der Waals surface area contributed by atoms with Crippen molar-refractivity contribution in [3.8, 4) is 0 Å². The number of aromatic nitrogens is 4. The first-order valence-corrected chi connectivity index (χ1v) is 7.29. The van der Waals surface area contributed by atoms with Crippen molar-refractivity contribution in [2.45, 2.75) is 39.3 Å². The lowest BCUT2D eigenvalue weighted by molar-refractivity contribution is 0.541. The van der Waals surface area contributed by atoms with Crippen LogP contribution in [0.5, 0.6) is 0 Å². The average molecular weight is 299 g/mol. The molecule has 7 heteroatoms. The van der Waals surface area contributed by atoms with Crippen LogP contribution in [0.4, 0.5) is 17.6 Å². The molecule has 0 saturated carbocycles. The highest BCUT2D eigenvalue weighted by Gasteiger charge is 2.26. The molecule has 3 N–H and O–H groups in total. The molecule has 22 heavy (non-hydrogen) atoms. The molecule has 0 atom stereocenters. The number of nitrogens with zero attached hydrogens (tertiary/aromatic N) is 5. The minimum atomic E-state index is -0.0545. The molecule has 0 saturated heterocycles. The maximum Gasteiger partial charge on any atom is 0.223 e. The number of nitrogens with two attached hydrogens (primary N) is 1. The number of nitrogen functional groups attached to an aromatic ring is 1. The van der Waals surface area contributed by atoms with Crippen LogP contribution >= 0.6 is 0 Å². The second kappa shape index (κ2) is 5.08. The molecule has 1 aliphatic rings. The van der Waals surface area contributed by atoms with Gasteiger partial charge in [0.2, 0.25) is 5.95 Å². The fourth-order valence-corrected chi connectivity index (χ4v) is 2.42. The van der Waals surface area contributed by atoms with Gasteiger partial charge in [0.25, 0.3) is 0 Å². The second-order valence-corrected chi connectivity index (χ2v) is 6.49. The van der Waals surface area contributed by atoms with Gasteiger partial charge in [-0.3, -0.25) is 0 Å². The van der Waals surface area contributed by atoms with Crippen molar-refractivity contribution in [3.63, 3.8) is 0 Å². The van der Waals surface area contributed by atoms with Crippen molar-refractivity contribution >= 4 is 17.6 Å². The number of nitrogens with one attached hydrogen (secondary N) is 1. The summed E-state index contributed by atoms with van der Waals surface area (Å²) in [6, 6.07) is 1.89. The lowest BCUT2D eigenvalue weighted by atomic mass is 9.95. The summed E-state index contributed by atoms with van der Waals surface area (Å²) in [5.41, 5.74) is 7.91. The third-order valence-corrected chi connectivity index (χ3v) is 3.64. The van der Waals surface area contributed by atoms with Crippen LogP contribution < -0.4 is 16.0 Å². The molecule has 0 aliphatic carbocycles. The molecule has 116 valence electrons. The molecule has 0 aromatic carbocycles. The van der Waals surface area contributed by atoms with Crippen LogP contribution in [0.25, 0.3) is 0 Å². The molecule has 0 spiro atoms. The Bertz CT molecular complexity index is 706. The van der Waals surface area contributed by atoms with Crippen molar-refractivity contribution < 1.29 is 0 Å². The van der Waals surface area contributed by atoms with Gasteiger partial charge in [0.15, 0.2) is 0 Å². The van der Waals surface area contributed by atoms with E-state index in [1.807, 2.05) is 19.3 Å². The minimum absolute atomic E-state index is 0.0545. The summed E-state index contributed by atoms with van der Waals surface area (Å²) >= 11 is 0. The lowest BCUT2D eigenvalue weighted by Gasteiger charge is -2.17.